The topological polar surface area (TPSA) is 92.4 Å². The van der Waals surface area contributed by atoms with Crippen LogP contribution in [0.2, 0.25) is 0 Å². The Morgan fingerprint density at radius 1 is 1.43 bits per heavy atom. The molecule has 2 aromatic heterocycles. The van der Waals surface area contributed by atoms with E-state index in [-0.39, 0.29) is 12.3 Å². The molecular formula is C14H21N5O2. The van der Waals surface area contributed by atoms with Crippen molar-refractivity contribution in [1.82, 2.24) is 19.6 Å². The molecule has 0 amide bonds. The van der Waals surface area contributed by atoms with Crippen molar-refractivity contribution in [2.24, 2.45) is 11.8 Å². The number of anilines is 1. The van der Waals surface area contributed by atoms with Gasteiger partial charge in [0.1, 0.15) is 5.82 Å². The third kappa shape index (κ3) is 3.90. The fourth-order valence-electron chi connectivity index (χ4n) is 2.46. The van der Waals surface area contributed by atoms with E-state index in [1.165, 1.54) is 0 Å². The number of aryl methyl sites for hydroxylation is 1. The molecule has 114 valence electrons. The first-order valence-corrected chi connectivity index (χ1v) is 7.09. The Bertz CT molecular complexity index is 623. The lowest BCUT2D eigenvalue weighted by molar-refractivity contribution is -0.138. The SMILES string of the molecule is Cc1nnc2c(NCC(CC(=O)O)CC(C)C)nccn12. The second-order valence-electron chi connectivity index (χ2n) is 5.69. The number of hydrogen-bond acceptors (Lipinski definition) is 5. The number of hydrogen-bond donors (Lipinski definition) is 2. The molecule has 7 nitrogen and oxygen atoms in total. The molecule has 0 aliphatic carbocycles. The molecule has 0 bridgehead atoms. The predicted octanol–water partition coefficient (Wildman–Crippen LogP) is 1.98. The first-order valence-electron chi connectivity index (χ1n) is 7.09. The van der Waals surface area contributed by atoms with Crippen LogP contribution in [0.5, 0.6) is 0 Å². The number of nitrogens with one attached hydrogen (secondary N) is 1. The number of rotatable bonds is 7. The summed E-state index contributed by atoms with van der Waals surface area (Å²) in [5, 5.41) is 20.3. The summed E-state index contributed by atoms with van der Waals surface area (Å²) in [4.78, 5) is 15.2. The Kier molecular flexibility index (Phi) is 4.72. The van der Waals surface area contributed by atoms with Gasteiger partial charge in [0.05, 0.1) is 0 Å². The second kappa shape index (κ2) is 6.51. The number of carboxylic acid groups (broad SMARTS) is 1. The summed E-state index contributed by atoms with van der Waals surface area (Å²) in [7, 11) is 0. The molecule has 0 aliphatic rings. The molecule has 0 spiro atoms. The van der Waals surface area contributed by atoms with Gasteiger partial charge in [0, 0.05) is 25.4 Å². The summed E-state index contributed by atoms with van der Waals surface area (Å²) in [6.07, 6.45) is 4.49. The Balaban J connectivity index is 2.09. The molecule has 0 saturated heterocycles. The first-order chi connectivity index (χ1) is 9.97. The summed E-state index contributed by atoms with van der Waals surface area (Å²) in [5.74, 6) is 1.17. The van der Waals surface area contributed by atoms with Crippen LogP contribution in [0, 0.1) is 18.8 Å². The smallest absolute Gasteiger partial charge is 0.303 e. The molecule has 2 N–H and O–H groups in total. The van der Waals surface area contributed by atoms with Crippen LogP contribution in [0.3, 0.4) is 0 Å². The van der Waals surface area contributed by atoms with Gasteiger partial charge in [0.25, 0.3) is 0 Å². The fourth-order valence-corrected chi connectivity index (χ4v) is 2.46. The van der Waals surface area contributed by atoms with E-state index in [0.717, 1.165) is 12.2 Å². The Labute approximate surface area is 123 Å². The molecule has 2 rings (SSSR count). The van der Waals surface area contributed by atoms with Crippen molar-refractivity contribution in [3.8, 4) is 0 Å². The van der Waals surface area contributed by atoms with Gasteiger partial charge in [-0.25, -0.2) is 4.98 Å². The summed E-state index contributed by atoms with van der Waals surface area (Å²) in [6, 6.07) is 0. The highest BCUT2D eigenvalue weighted by atomic mass is 16.4. The predicted molar refractivity (Wildman–Crippen MR) is 79.2 cm³/mol. The molecule has 2 heterocycles. The third-order valence-corrected chi connectivity index (χ3v) is 3.32. The summed E-state index contributed by atoms with van der Waals surface area (Å²) in [5.41, 5.74) is 0.661. The lowest BCUT2D eigenvalue weighted by atomic mass is 9.94. The zero-order valence-corrected chi connectivity index (χ0v) is 12.6. The molecule has 0 saturated carbocycles. The van der Waals surface area contributed by atoms with E-state index in [0.29, 0.717) is 23.9 Å². The van der Waals surface area contributed by atoms with E-state index in [1.807, 2.05) is 11.3 Å². The van der Waals surface area contributed by atoms with Crippen LogP contribution in [0.25, 0.3) is 5.65 Å². The zero-order chi connectivity index (χ0) is 15.4. The van der Waals surface area contributed by atoms with Crippen molar-refractivity contribution >= 4 is 17.4 Å². The normalized spacial score (nSPS) is 12.8. The largest absolute Gasteiger partial charge is 0.481 e. The average Bonchev–Trinajstić information content (AvgIpc) is 2.77. The minimum Gasteiger partial charge on any atom is -0.481 e. The van der Waals surface area contributed by atoms with Crippen molar-refractivity contribution in [2.75, 3.05) is 11.9 Å². The number of aromatic nitrogens is 4. The third-order valence-electron chi connectivity index (χ3n) is 3.32. The molecule has 0 aromatic carbocycles. The average molecular weight is 291 g/mol. The van der Waals surface area contributed by atoms with E-state index >= 15 is 0 Å². The minimum atomic E-state index is -0.771. The standard InChI is InChI=1S/C14H21N5O2/c1-9(2)6-11(7-12(20)21)8-16-13-14-18-17-10(3)19(14)5-4-15-13/h4-5,9,11H,6-8H2,1-3H3,(H,15,16)(H,20,21). The van der Waals surface area contributed by atoms with Crippen molar-refractivity contribution < 1.29 is 9.90 Å². The molecule has 0 aliphatic heterocycles. The summed E-state index contributed by atoms with van der Waals surface area (Å²) < 4.78 is 1.85. The second-order valence-corrected chi connectivity index (χ2v) is 5.69. The Hall–Kier alpha value is -2.18. The number of carboxylic acids is 1. The molecule has 7 heteroatoms. The van der Waals surface area contributed by atoms with Crippen molar-refractivity contribution in [3.63, 3.8) is 0 Å². The van der Waals surface area contributed by atoms with E-state index in [9.17, 15) is 4.79 Å². The van der Waals surface area contributed by atoms with Crippen molar-refractivity contribution in [3.05, 3.63) is 18.2 Å². The maximum atomic E-state index is 10.9. The van der Waals surface area contributed by atoms with Crippen LogP contribution in [0.1, 0.15) is 32.5 Å². The highest BCUT2D eigenvalue weighted by Gasteiger charge is 2.16. The van der Waals surface area contributed by atoms with Gasteiger partial charge in [-0.3, -0.25) is 9.20 Å². The molecule has 1 atom stereocenters. The number of nitrogens with zero attached hydrogens (tertiary/aromatic N) is 4. The Morgan fingerprint density at radius 2 is 2.19 bits per heavy atom. The quantitative estimate of drug-likeness (QED) is 0.810. The highest BCUT2D eigenvalue weighted by Crippen LogP contribution is 2.18. The molecule has 0 radical (unpaired) electrons. The molecule has 1 unspecified atom stereocenters. The molecule has 0 fully saturated rings. The van der Waals surface area contributed by atoms with E-state index in [1.54, 1.807) is 12.4 Å². The maximum absolute atomic E-state index is 10.9. The van der Waals surface area contributed by atoms with E-state index < -0.39 is 5.97 Å². The lowest BCUT2D eigenvalue weighted by Gasteiger charge is -2.18. The number of aliphatic carboxylic acids is 1. The maximum Gasteiger partial charge on any atom is 0.303 e. The summed E-state index contributed by atoms with van der Waals surface area (Å²) >= 11 is 0. The van der Waals surface area contributed by atoms with Gasteiger partial charge in [-0.05, 0) is 25.2 Å². The zero-order valence-electron chi connectivity index (χ0n) is 12.6. The van der Waals surface area contributed by atoms with Gasteiger partial charge in [-0.2, -0.15) is 0 Å². The van der Waals surface area contributed by atoms with Crippen LogP contribution < -0.4 is 5.32 Å². The van der Waals surface area contributed by atoms with Crippen LogP contribution in [-0.4, -0.2) is 37.2 Å². The summed E-state index contributed by atoms with van der Waals surface area (Å²) in [6.45, 7) is 6.62. The van der Waals surface area contributed by atoms with Crippen LogP contribution in [0.4, 0.5) is 5.82 Å². The van der Waals surface area contributed by atoms with Gasteiger partial charge in [0.2, 0.25) is 5.65 Å². The minimum absolute atomic E-state index is 0.0635. The first kappa shape index (κ1) is 15.2. The van der Waals surface area contributed by atoms with Crippen LogP contribution in [0.15, 0.2) is 12.4 Å². The van der Waals surface area contributed by atoms with Crippen molar-refractivity contribution in [1.29, 1.82) is 0 Å². The van der Waals surface area contributed by atoms with E-state index in [2.05, 4.69) is 34.3 Å². The Morgan fingerprint density at radius 3 is 2.86 bits per heavy atom. The molecular weight excluding hydrogens is 270 g/mol. The van der Waals surface area contributed by atoms with Crippen molar-refractivity contribution in [2.45, 2.75) is 33.6 Å². The fraction of sp³-hybridized carbons (Fsp3) is 0.571. The van der Waals surface area contributed by atoms with Crippen LogP contribution in [-0.2, 0) is 4.79 Å². The van der Waals surface area contributed by atoms with Gasteiger partial charge in [-0.15, -0.1) is 10.2 Å². The molecule has 2 aromatic rings. The van der Waals surface area contributed by atoms with Gasteiger partial charge >= 0.3 is 5.97 Å². The van der Waals surface area contributed by atoms with Gasteiger partial charge < -0.3 is 10.4 Å². The monoisotopic (exact) mass is 291 g/mol. The number of carbonyl (C=O) groups is 1. The van der Waals surface area contributed by atoms with Crippen LogP contribution >= 0.6 is 0 Å². The number of fused-ring (bicyclic) bond motifs is 1. The van der Waals surface area contributed by atoms with Gasteiger partial charge in [-0.1, -0.05) is 13.8 Å². The van der Waals surface area contributed by atoms with E-state index in [4.69, 9.17) is 5.11 Å². The highest BCUT2D eigenvalue weighted by molar-refractivity contribution is 5.67. The lowest BCUT2D eigenvalue weighted by Crippen LogP contribution is -2.20. The van der Waals surface area contributed by atoms with Gasteiger partial charge in [0.15, 0.2) is 5.82 Å². The molecule has 21 heavy (non-hydrogen) atoms.